The van der Waals surface area contributed by atoms with E-state index in [9.17, 15) is 0 Å². The lowest BCUT2D eigenvalue weighted by Gasteiger charge is -2.27. The molecule has 0 aromatic heterocycles. The number of rotatable bonds is 2. The van der Waals surface area contributed by atoms with Gasteiger partial charge < -0.3 is 5.32 Å². The van der Waals surface area contributed by atoms with Crippen molar-refractivity contribution in [3.05, 3.63) is 41.0 Å². The molecule has 1 heterocycles. The number of aryl methyl sites for hydroxylation is 2. The lowest BCUT2D eigenvalue weighted by Crippen LogP contribution is -2.34. The van der Waals surface area contributed by atoms with Crippen LogP contribution in [0.4, 0.5) is 0 Å². The molecule has 0 bridgehead atoms. The first-order chi connectivity index (χ1) is 8.15. The van der Waals surface area contributed by atoms with Gasteiger partial charge in [0.2, 0.25) is 0 Å². The maximum atomic E-state index is 3.45. The average Bonchev–Trinajstić information content (AvgIpc) is 2.27. The zero-order chi connectivity index (χ0) is 12.3. The van der Waals surface area contributed by atoms with E-state index in [1.807, 2.05) is 0 Å². The molecule has 92 valence electrons. The van der Waals surface area contributed by atoms with Gasteiger partial charge in [0, 0.05) is 0 Å². The molecule has 2 atom stereocenters. The lowest BCUT2D eigenvalue weighted by molar-refractivity contribution is 0.326. The van der Waals surface area contributed by atoms with Crippen LogP contribution in [-0.4, -0.2) is 13.1 Å². The minimum atomic E-state index is 0.733. The zero-order valence-corrected chi connectivity index (χ0v) is 11.2. The first-order valence-corrected chi connectivity index (χ1v) is 6.62. The molecule has 1 aromatic carbocycles. The number of hydrogen-bond acceptors (Lipinski definition) is 1. The Morgan fingerprint density at radius 2 is 1.88 bits per heavy atom. The van der Waals surface area contributed by atoms with Crippen LogP contribution in [0.5, 0.6) is 0 Å². The molecule has 2 rings (SSSR count). The van der Waals surface area contributed by atoms with E-state index in [2.05, 4.69) is 56.4 Å². The highest BCUT2D eigenvalue weighted by Crippen LogP contribution is 2.21. The largest absolute Gasteiger partial charge is 0.316 e. The van der Waals surface area contributed by atoms with Crippen molar-refractivity contribution in [3.8, 4) is 0 Å². The topological polar surface area (TPSA) is 12.0 Å². The second-order valence-corrected chi connectivity index (χ2v) is 5.41. The molecular formula is C16H23N. The van der Waals surface area contributed by atoms with Crippen molar-refractivity contribution >= 4 is 6.08 Å². The maximum Gasteiger partial charge on any atom is -0.00175 e. The molecule has 17 heavy (non-hydrogen) atoms. The summed E-state index contributed by atoms with van der Waals surface area (Å²) in [5.74, 6) is 1.49. The highest BCUT2D eigenvalue weighted by molar-refractivity contribution is 5.52. The fourth-order valence-electron chi connectivity index (χ4n) is 2.66. The third-order valence-electron chi connectivity index (χ3n) is 3.63. The third-order valence-corrected chi connectivity index (χ3v) is 3.63. The van der Waals surface area contributed by atoms with Crippen LogP contribution in [0.2, 0.25) is 0 Å². The molecule has 1 N–H and O–H groups in total. The van der Waals surface area contributed by atoms with Crippen molar-refractivity contribution in [2.45, 2.75) is 27.2 Å². The van der Waals surface area contributed by atoms with E-state index in [1.165, 1.54) is 23.1 Å². The standard InChI is InChI=1S/C16H23N/c1-12-8-13(2)10-15(9-12)4-5-16-6-7-17-11-14(16)3/h4-5,8-10,14,16-17H,6-7,11H2,1-3H3/b5-4+. The summed E-state index contributed by atoms with van der Waals surface area (Å²) in [5.41, 5.74) is 4.04. The Labute approximate surface area is 105 Å². The first kappa shape index (κ1) is 12.4. The van der Waals surface area contributed by atoms with Gasteiger partial charge in [-0.1, -0.05) is 48.4 Å². The lowest BCUT2D eigenvalue weighted by atomic mass is 9.87. The summed E-state index contributed by atoms with van der Waals surface area (Å²) >= 11 is 0. The van der Waals surface area contributed by atoms with E-state index in [4.69, 9.17) is 0 Å². The van der Waals surface area contributed by atoms with Gasteiger partial charge in [-0.25, -0.2) is 0 Å². The minimum absolute atomic E-state index is 0.733. The molecule has 1 nitrogen and oxygen atoms in total. The van der Waals surface area contributed by atoms with Crippen LogP contribution >= 0.6 is 0 Å². The van der Waals surface area contributed by atoms with Crippen molar-refractivity contribution in [2.75, 3.05) is 13.1 Å². The first-order valence-electron chi connectivity index (χ1n) is 6.62. The van der Waals surface area contributed by atoms with Gasteiger partial charge >= 0.3 is 0 Å². The van der Waals surface area contributed by atoms with E-state index >= 15 is 0 Å². The van der Waals surface area contributed by atoms with E-state index in [0.29, 0.717) is 0 Å². The summed E-state index contributed by atoms with van der Waals surface area (Å²) in [6.07, 6.45) is 5.97. The molecule has 1 aromatic rings. The molecule has 1 aliphatic heterocycles. The van der Waals surface area contributed by atoms with Gasteiger partial charge in [-0.05, 0) is 50.8 Å². The Kier molecular flexibility index (Phi) is 4.01. The summed E-state index contributed by atoms with van der Waals surface area (Å²) in [6, 6.07) is 6.75. The van der Waals surface area contributed by atoms with Crippen LogP contribution in [0.1, 0.15) is 30.0 Å². The summed E-state index contributed by atoms with van der Waals surface area (Å²) in [6.45, 7) is 8.98. The molecule has 1 fully saturated rings. The second-order valence-electron chi connectivity index (χ2n) is 5.41. The number of nitrogens with one attached hydrogen (secondary N) is 1. The monoisotopic (exact) mass is 229 g/mol. The Balaban J connectivity index is 2.08. The summed E-state index contributed by atoms with van der Waals surface area (Å²) in [7, 11) is 0. The number of benzene rings is 1. The number of allylic oxidation sites excluding steroid dienone is 1. The Morgan fingerprint density at radius 3 is 2.53 bits per heavy atom. The van der Waals surface area contributed by atoms with Crippen LogP contribution < -0.4 is 5.32 Å². The van der Waals surface area contributed by atoms with Gasteiger partial charge in [-0.3, -0.25) is 0 Å². The van der Waals surface area contributed by atoms with E-state index in [1.54, 1.807) is 0 Å². The normalized spacial score (nSPS) is 25.4. The van der Waals surface area contributed by atoms with Crippen molar-refractivity contribution in [2.24, 2.45) is 11.8 Å². The Hall–Kier alpha value is -1.08. The molecular weight excluding hydrogens is 206 g/mol. The van der Waals surface area contributed by atoms with Crippen LogP contribution in [0, 0.1) is 25.7 Å². The van der Waals surface area contributed by atoms with Gasteiger partial charge in [0.1, 0.15) is 0 Å². The molecule has 0 amide bonds. The predicted molar refractivity (Wildman–Crippen MR) is 75.1 cm³/mol. The molecule has 1 aliphatic rings. The third kappa shape index (κ3) is 3.44. The van der Waals surface area contributed by atoms with Crippen LogP contribution in [-0.2, 0) is 0 Å². The van der Waals surface area contributed by atoms with Crippen LogP contribution in [0.3, 0.4) is 0 Å². The fraction of sp³-hybridized carbons (Fsp3) is 0.500. The van der Waals surface area contributed by atoms with Crippen LogP contribution in [0.15, 0.2) is 24.3 Å². The molecule has 0 spiro atoms. The minimum Gasteiger partial charge on any atom is -0.316 e. The van der Waals surface area contributed by atoms with Gasteiger partial charge in [0.15, 0.2) is 0 Å². The fourth-order valence-corrected chi connectivity index (χ4v) is 2.66. The van der Waals surface area contributed by atoms with Gasteiger partial charge in [0.05, 0.1) is 0 Å². The molecule has 1 saturated heterocycles. The summed E-state index contributed by atoms with van der Waals surface area (Å²) in [5, 5.41) is 3.45. The van der Waals surface area contributed by atoms with Gasteiger partial charge in [0.25, 0.3) is 0 Å². The Morgan fingerprint density at radius 1 is 1.18 bits per heavy atom. The van der Waals surface area contributed by atoms with E-state index in [-0.39, 0.29) is 0 Å². The predicted octanol–water partition coefficient (Wildman–Crippen LogP) is 3.56. The molecule has 1 heteroatoms. The maximum absolute atomic E-state index is 3.45. The van der Waals surface area contributed by atoms with Crippen molar-refractivity contribution in [1.82, 2.24) is 5.32 Å². The summed E-state index contributed by atoms with van der Waals surface area (Å²) < 4.78 is 0. The highest BCUT2D eigenvalue weighted by Gasteiger charge is 2.17. The Bertz CT molecular complexity index is 386. The highest BCUT2D eigenvalue weighted by atomic mass is 14.9. The molecule has 0 saturated carbocycles. The quantitative estimate of drug-likeness (QED) is 0.817. The van der Waals surface area contributed by atoms with E-state index < -0.39 is 0 Å². The number of piperidine rings is 1. The van der Waals surface area contributed by atoms with Crippen molar-refractivity contribution < 1.29 is 0 Å². The van der Waals surface area contributed by atoms with Crippen molar-refractivity contribution in [3.63, 3.8) is 0 Å². The average molecular weight is 229 g/mol. The molecule has 2 unspecified atom stereocenters. The summed E-state index contributed by atoms with van der Waals surface area (Å²) in [4.78, 5) is 0. The molecule has 0 aliphatic carbocycles. The smallest absolute Gasteiger partial charge is 0.00175 e. The number of hydrogen-bond donors (Lipinski definition) is 1. The SMILES string of the molecule is Cc1cc(C)cc(/C=C/C2CCNCC2C)c1. The van der Waals surface area contributed by atoms with E-state index in [0.717, 1.165) is 24.9 Å². The van der Waals surface area contributed by atoms with Gasteiger partial charge in [-0.2, -0.15) is 0 Å². The van der Waals surface area contributed by atoms with Gasteiger partial charge in [-0.15, -0.1) is 0 Å². The van der Waals surface area contributed by atoms with Crippen LogP contribution in [0.25, 0.3) is 6.08 Å². The van der Waals surface area contributed by atoms with Crippen molar-refractivity contribution in [1.29, 1.82) is 0 Å². The second kappa shape index (κ2) is 5.50. The zero-order valence-electron chi connectivity index (χ0n) is 11.2. The molecule has 0 radical (unpaired) electrons.